The van der Waals surface area contributed by atoms with Gasteiger partial charge in [0, 0.05) is 0 Å². The van der Waals surface area contributed by atoms with Gasteiger partial charge in [0.15, 0.2) is 0 Å². The third kappa shape index (κ3) is 15.7. The summed E-state index contributed by atoms with van der Waals surface area (Å²) in [6, 6.07) is 30.4. The van der Waals surface area contributed by atoms with E-state index < -0.39 is 99.4 Å². The molecule has 10 nitrogen and oxygen atoms in total. The SMILES string of the molecule is CC.CC.CC.CC.O=C1CC(=O)N(C[C@@H](F)c2ccccc2)C(=O)N1C[C@@H](F)c1ccccc1.O=C1CC(=O)N(C[C@H](F)c2ccccc2)C(=O)N1C[C@H](F)c1ccccc1. The summed E-state index contributed by atoms with van der Waals surface area (Å²) >= 11 is 0. The summed E-state index contributed by atoms with van der Waals surface area (Å²) in [7, 11) is 0. The molecule has 0 saturated carbocycles. The van der Waals surface area contributed by atoms with E-state index in [4.69, 9.17) is 0 Å². The summed E-state index contributed by atoms with van der Waals surface area (Å²) in [5, 5.41) is 0. The predicted octanol–water partition coefficient (Wildman–Crippen LogP) is 11.3. The number of urea groups is 2. The number of rotatable bonds is 12. The molecule has 0 spiro atoms. The Kier molecular flexibility index (Phi) is 25.3. The van der Waals surface area contributed by atoms with Crippen LogP contribution in [0.1, 0.15) is 115 Å². The highest BCUT2D eigenvalue weighted by molar-refractivity contribution is 6.14. The lowest BCUT2D eigenvalue weighted by Crippen LogP contribution is -2.56. The first-order valence-electron chi connectivity index (χ1n) is 21.0. The van der Waals surface area contributed by atoms with Crippen molar-refractivity contribution in [2.24, 2.45) is 0 Å². The van der Waals surface area contributed by atoms with E-state index in [0.717, 1.165) is 0 Å². The largest absolute Gasteiger partial charge is 0.333 e. The number of alkyl halides is 4. The summed E-state index contributed by atoms with van der Waals surface area (Å²) in [4.78, 5) is 76.1. The molecule has 4 aromatic carbocycles. The molecule has 2 heterocycles. The van der Waals surface area contributed by atoms with Crippen LogP contribution in [0.25, 0.3) is 0 Å². The van der Waals surface area contributed by atoms with Crippen LogP contribution in [0.5, 0.6) is 0 Å². The smallest absolute Gasteiger partial charge is 0.274 e. The van der Waals surface area contributed by atoms with Crippen LogP contribution < -0.4 is 0 Å². The van der Waals surface area contributed by atoms with Crippen LogP contribution in [0.15, 0.2) is 121 Å². The van der Waals surface area contributed by atoms with Gasteiger partial charge in [0.2, 0.25) is 23.6 Å². The number of barbiturate groups is 2. The second-order valence-electron chi connectivity index (χ2n) is 12.4. The minimum Gasteiger partial charge on any atom is -0.274 e. The summed E-state index contributed by atoms with van der Waals surface area (Å²) in [5.41, 5.74) is 1.26. The van der Waals surface area contributed by atoms with Crippen molar-refractivity contribution < 1.29 is 46.3 Å². The van der Waals surface area contributed by atoms with Crippen molar-refractivity contribution in [3.8, 4) is 0 Å². The lowest BCUT2D eigenvalue weighted by Gasteiger charge is -2.34. The topological polar surface area (TPSA) is 115 Å². The van der Waals surface area contributed by atoms with Crippen LogP contribution >= 0.6 is 0 Å². The Morgan fingerprint density at radius 2 is 0.500 bits per heavy atom. The molecule has 0 aliphatic carbocycles. The molecule has 62 heavy (non-hydrogen) atoms. The van der Waals surface area contributed by atoms with Crippen LogP contribution in [0.3, 0.4) is 0 Å². The predicted molar refractivity (Wildman–Crippen MR) is 233 cm³/mol. The van der Waals surface area contributed by atoms with Gasteiger partial charge in [0.25, 0.3) is 0 Å². The molecule has 0 aromatic heterocycles. The lowest BCUT2D eigenvalue weighted by atomic mass is 10.1. The Morgan fingerprint density at radius 1 is 0.339 bits per heavy atom. The van der Waals surface area contributed by atoms with Crippen molar-refractivity contribution >= 4 is 35.7 Å². The van der Waals surface area contributed by atoms with Crippen molar-refractivity contribution in [2.45, 2.75) is 92.9 Å². The number of halogens is 4. The van der Waals surface area contributed by atoms with E-state index in [1.54, 1.807) is 121 Å². The number of benzene rings is 4. The van der Waals surface area contributed by atoms with Crippen LogP contribution in [0.2, 0.25) is 0 Å². The van der Waals surface area contributed by atoms with Crippen molar-refractivity contribution in [1.82, 2.24) is 19.6 Å². The zero-order valence-corrected chi connectivity index (χ0v) is 36.8. The fraction of sp³-hybridized carbons (Fsp3) is 0.375. The van der Waals surface area contributed by atoms with Crippen LogP contribution in [-0.2, 0) is 19.2 Å². The van der Waals surface area contributed by atoms with Crippen LogP contribution in [-0.4, -0.2) is 81.5 Å². The summed E-state index contributed by atoms with van der Waals surface area (Å²) in [5.74, 6) is -3.13. The average molecular weight is 865 g/mol. The second kappa shape index (κ2) is 29.1. The Balaban J connectivity index is 0.000000534. The molecule has 0 N–H and O–H groups in total. The first-order chi connectivity index (χ1) is 29.9. The fourth-order valence-electron chi connectivity index (χ4n) is 5.79. The van der Waals surface area contributed by atoms with Gasteiger partial charge in [-0.15, -0.1) is 0 Å². The third-order valence-electron chi connectivity index (χ3n) is 8.75. The number of hydrogen-bond acceptors (Lipinski definition) is 6. The standard InChI is InChI=1S/2C20H18F2N2O3.4C2H6/c2*21-16(14-7-3-1-4-8-14)12-23-18(25)11-19(26)24(20(23)27)13-17(22)15-9-5-2-6-10-15;4*1-2/h2*1-10,16-17H,11-13H2;4*1-2H3/t2*16-,17-;;;;/m10..../s1. The zero-order valence-electron chi connectivity index (χ0n) is 36.8. The minimum atomic E-state index is -1.59. The summed E-state index contributed by atoms with van der Waals surface area (Å²) < 4.78 is 58.0. The molecular formula is C48H60F4N4O6. The van der Waals surface area contributed by atoms with E-state index in [1.165, 1.54) is 0 Å². The van der Waals surface area contributed by atoms with Crippen LogP contribution in [0, 0.1) is 0 Å². The number of carbonyl (C=O) groups is 6. The monoisotopic (exact) mass is 864 g/mol. The summed E-state index contributed by atoms with van der Waals surface area (Å²) in [6.45, 7) is 13.9. The van der Waals surface area contributed by atoms with Gasteiger partial charge in [0.05, 0.1) is 26.2 Å². The Morgan fingerprint density at radius 3 is 0.661 bits per heavy atom. The maximum Gasteiger partial charge on any atom is 0.333 e. The van der Waals surface area contributed by atoms with E-state index in [1.807, 2.05) is 55.4 Å². The van der Waals surface area contributed by atoms with E-state index in [2.05, 4.69) is 0 Å². The molecule has 336 valence electrons. The highest BCUT2D eigenvalue weighted by Gasteiger charge is 2.41. The van der Waals surface area contributed by atoms with Gasteiger partial charge < -0.3 is 0 Å². The Labute approximate surface area is 363 Å². The van der Waals surface area contributed by atoms with Crippen LogP contribution in [0.4, 0.5) is 27.2 Å². The maximum absolute atomic E-state index is 14.5. The van der Waals surface area contributed by atoms with Gasteiger partial charge in [-0.2, -0.15) is 0 Å². The van der Waals surface area contributed by atoms with Crippen molar-refractivity contribution in [3.63, 3.8) is 0 Å². The summed E-state index contributed by atoms with van der Waals surface area (Å²) in [6.07, 6.45) is -7.55. The quantitative estimate of drug-likeness (QED) is 0.103. The number of amides is 8. The van der Waals surface area contributed by atoms with Gasteiger partial charge in [-0.3, -0.25) is 38.8 Å². The molecule has 4 aromatic rings. The lowest BCUT2D eigenvalue weighted by molar-refractivity contribution is -0.145. The number of carbonyl (C=O) groups excluding carboxylic acids is 6. The van der Waals surface area contributed by atoms with Gasteiger partial charge in [0.1, 0.15) is 37.5 Å². The molecule has 0 unspecified atom stereocenters. The number of nitrogens with zero attached hydrogens (tertiary/aromatic N) is 4. The van der Waals surface area contributed by atoms with Gasteiger partial charge >= 0.3 is 12.1 Å². The van der Waals surface area contributed by atoms with Crippen molar-refractivity contribution in [3.05, 3.63) is 144 Å². The molecule has 0 bridgehead atoms. The first-order valence-corrected chi connectivity index (χ1v) is 21.0. The van der Waals surface area contributed by atoms with E-state index >= 15 is 0 Å². The highest BCUT2D eigenvalue weighted by Crippen LogP contribution is 2.27. The Bertz CT molecular complexity index is 1670. The molecule has 14 heteroatoms. The molecule has 0 radical (unpaired) electrons. The first kappa shape index (κ1) is 53.8. The van der Waals surface area contributed by atoms with E-state index in [-0.39, 0.29) is 0 Å². The molecule has 2 fully saturated rings. The normalized spacial score (nSPS) is 15.4. The van der Waals surface area contributed by atoms with Crippen molar-refractivity contribution in [2.75, 3.05) is 26.2 Å². The third-order valence-corrected chi connectivity index (χ3v) is 8.75. The molecule has 4 atom stereocenters. The average Bonchev–Trinajstić information content (AvgIpc) is 3.33. The molecule has 8 amide bonds. The highest BCUT2D eigenvalue weighted by atomic mass is 19.1. The van der Waals surface area contributed by atoms with E-state index in [9.17, 15) is 46.3 Å². The Hall–Kier alpha value is -6.18. The van der Waals surface area contributed by atoms with Gasteiger partial charge in [-0.05, 0) is 22.3 Å². The second-order valence-corrected chi connectivity index (χ2v) is 12.4. The molecule has 2 aliphatic heterocycles. The van der Waals surface area contributed by atoms with E-state index in [0.29, 0.717) is 41.9 Å². The maximum atomic E-state index is 14.5. The van der Waals surface area contributed by atoms with Gasteiger partial charge in [-0.25, -0.2) is 27.2 Å². The number of hydrogen-bond donors (Lipinski definition) is 0. The minimum absolute atomic E-state index is 0.314. The number of imide groups is 4. The molecule has 6 rings (SSSR count). The van der Waals surface area contributed by atoms with Gasteiger partial charge in [-0.1, -0.05) is 177 Å². The molecule has 2 aliphatic rings. The molecule has 2 saturated heterocycles. The molecular weight excluding hydrogens is 805 g/mol. The fourth-order valence-corrected chi connectivity index (χ4v) is 5.79. The van der Waals surface area contributed by atoms with Crippen molar-refractivity contribution in [1.29, 1.82) is 0 Å². The zero-order chi connectivity index (χ0) is 46.8.